The van der Waals surface area contributed by atoms with Crippen LogP contribution in [0.25, 0.3) is 76.5 Å². The number of fused-ring (bicyclic) bond motifs is 11. The summed E-state index contributed by atoms with van der Waals surface area (Å²) in [6.45, 7) is 0. The van der Waals surface area contributed by atoms with Crippen LogP contribution in [0.2, 0.25) is 0 Å². The Hall–Kier alpha value is -6.58. The molecular formula is C46H29N3. The van der Waals surface area contributed by atoms with Crippen LogP contribution in [0.1, 0.15) is 0 Å². The Labute approximate surface area is 282 Å². The number of aromatic nitrogens is 2. The summed E-state index contributed by atoms with van der Waals surface area (Å²) in [6.07, 6.45) is 0. The molecule has 0 amide bonds. The van der Waals surface area contributed by atoms with Crippen LogP contribution in [-0.2, 0) is 0 Å². The average Bonchev–Trinajstić information content (AvgIpc) is 3.80. The highest BCUT2D eigenvalue weighted by atomic mass is 15.2. The van der Waals surface area contributed by atoms with E-state index >= 15 is 0 Å². The van der Waals surface area contributed by atoms with Crippen LogP contribution in [0.3, 0.4) is 0 Å². The van der Waals surface area contributed by atoms with Gasteiger partial charge in [-0.25, -0.2) is 0 Å². The van der Waals surface area contributed by atoms with Gasteiger partial charge in [0.2, 0.25) is 0 Å². The van der Waals surface area contributed by atoms with E-state index in [-0.39, 0.29) is 0 Å². The Balaban J connectivity index is 1.23. The van der Waals surface area contributed by atoms with Gasteiger partial charge in [-0.1, -0.05) is 133 Å². The van der Waals surface area contributed by atoms with E-state index in [0.29, 0.717) is 0 Å². The zero-order valence-corrected chi connectivity index (χ0v) is 26.6. The predicted octanol–water partition coefficient (Wildman–Crippen LogP) is 12.5. The molecule has 0 radical (unpaired) electrons. The molecule has 3 heteroatoms. The van der Waals surface area contributed by atoms with Gasteiger partial charge in [-0.2, -0.15) is 0 Å². The maximum absolute atomic E-state index is 2.50. The van der Waals surface area contributed by atoms with Crippen molar-refractivity contribution in [2.45, 2.75) is 0 Å². The SMILES string of the molecule is c1ccc2c(-c3ccc(N(c4cccc5ccccc45)c4cccc5c4n4c6ccccc6c6c7ccccc7n5c64)cc3)cccc2c1. The summed E-state index contributed by atoms with van der Waals surface area (Å²) < 4.78 is 4.96. The van der Waals surface area contributed by atoms with E-state index in [4.69, 9.17) is 0 Å². The first-order chi connectivity index (χ1) is 24.3. The monoisotopic (exact) mass is 623 g/mol. The molecule has 11 aromatic rings. The van der Waals surface area contributed by atoms with Crippen LogP contribution < -0.4 is 4.90 Å². The van der Waals surface area contributed by atoms with Gasteiger partial charge in [0.1, 0.15) is 5.65 Å². The zero-order chi connectivity index (χ0) is 32.1. The van der Waals surface area contributed by atoms with Gasteiger partial charge in [0.25, 0.3) is 0 Å². The molecular weight excluding hydrogens is 595 g/mol. The Morgan fingerprint density at radius 1 is 0.367 bits per heavy atom. The summed E-state index contributed by atoms with van der Waals surface area (Å²) in [6, 6.07) is 64.1. The summed E-state index contributed by atoms with van der Waals surface area (Å²) in [5.41, 5.74) is 11.9. The number of hydrogen-bond acceptors (Lipinski definition) is 1. The minimum absolute atomic E-state index is 1.11. The Bertz CT molecular complexity index is 3040. The lowest BCUT2D eigenvalue weighted by molar-refractivity contribution is 1.27. The van der Waals surface area contributed by atoms with Crippen LogP contribution >= 0.6 is 0 Å². The van der Waals surface area contributed by atoms with E-state index in [1.165, 1.54) is 76.5 Å². The van der Waals surface area contributed by atoms with E-state index in [2.05, 4.69) is 190 Å². The molecule has 11 rings (SSSR count). The highest BCUT2D eigenvalue weighted by Gasteiger charge is 2.26. The second-order valence-electron chi connectivity index (χ2n) is 13.0. The number of benzene rings is 8. The van der Waals surface area contributed by atoms with Crippen molar-refractivity contribution in [2.24, 2.45) is 0 Å². The van der Waals surface area contributed by atoms with Gasteiger partial charge < -0.3 is 4.90 Å². The molecule has 0 fully saturated rings. The fourth-order valence-electron chi connectivity index (χ4n) is 8.36. The molecule has 0 aliphatic carbocycles. The third kappa shape index (κ3) is 3.62. The molecule has 228 valence electrons. The smallest absolute Gasteiger partial charge is 0.131 e. The van der Waals surface area contributed by atoms with E-state index in [0.717, 1.165) is 17.1 Å². The first-order valence-corrected chi connectivity index (χ1v) is 16.9. The van der Waals surface area contributed by atoms with Gasteiger partial charge >= 0.3 is 0 Å². The summed E-state index contributed by atoms with van der Waals surface area (Å²) >= 11 is 0. The van der Waals surface area contributed by atoms with Gasteiger partial charge in [0.15, 0.2) is 0 Å². The normalized spacial score (nSPS) is 12.1. The van der Waals surface area contributed by atoms with Gasteiger partial charge in [-0.15, -0.1) is 0 Å². The lowest BCUT2D eigenvalue weighted by Gasteiger charge is -2.28. The minimum Gasteiger partial charge on any atom is -0.308 e. The van der Waals surface area contributed by atoms with Crippen LogP contribution in [0.4, 0.5) is 17.1 Å². The molecule has 3 nitrogen and oxygen atoms in total. The van der Waals surface area contributed by atoms with Crippen molar-refractivity contribution >= 4 is 82.5 Å². The third-order valence-corrected chi connectivity index (χ3v) is 10.4. The van der Waals surface area contributed by atoms with Crippen molar-refractivity contribution < 1.29 is 0 Å². The quantitative estimate of drug-likeness (QED) is 0.190. The van der Waals surface area contributed by atoms with Crippen molar-refractivity contribution in [1.29, 1.82) is 0 Å². The van der Waals surface area contributed by atoms with E-state index in [1.54, 1.807) is 0 Å². The highest BCUT2D eigenvalue weighted by molar-refractivity contribution is 6.25. The fourth-order valence-corrected chi connectivity index (χ4v) is 8.36. The standard InChI is InChI=1S/C46H29N3/c1-3-16-34-30(12-1)14-9-20-35(34)32-26-28-33(29-27-32)47(39-23-10-15-31-13-2-4-17-36(31)39)42-24-11-25-43-45(42)49-41-22-8-6-19-38(41)44-37-18-5-7-21-40(37)48(43)46(44)49/h1-29H. The Morgan fingerprint density at radius 2 is 0.898 bits per heavy atom. The molecule has 0 unspecified atom stereocenters. The number of anilines is 3. The number of imidazole rings is 1. The second-order valence-corrected chi connectivity index (χ2v) is 13.0. The lowest BCUT2D eigenvalue weighted by Crippen LogP contribution is -2.11. The molecule has 0 spiro atoms. The average molecular weight is 624 g/mol. The highest BCUT2D eigenvalue weighted by Crippen LogP contribution is 2.47. The first-order valence-electron chi connectivity index (χ1n) is 16.9. The van der Waals surface area contributed by atoms with Crippen molar-refractivity contribution in [3.8, 4) is 11.1 Å². The lowest BCUT2D eigenvalue weighted by atomic mass is 9.98. The van der Waals surface area contributed by atoms with E-state index in [1.807, 2.05) is 0 Å². The van der Waals surface area contributed by atoms with Crippen molar-refractivity contribution in [2.75, 3.05) is 4.90 Å². The third-order valence-electron chi connectivity index (χ3n) is 10.4. The molecule has 3 aromatic heterocycles. The zero-order valence-electron chi connectivity index (χ0n) is 26.6. The summed E-state index contributed by atoms with van der Waals surface area (Å²) in [7, 11) is 0. The number of hydrogen-bond donors (Lipinski definition) is 0. The van der Waals surface area contributed by atoms with Crippen LogP contribution in [-0.4, -0.2) is 8.80 Å². The second kappa shape index (κ2) is 9.96. The summed E-state index contributed by atoms with van der Waals surface area (Å²) in [5.74, 6) is 0. The molecule has 0 aliphatic rings. The maximum Gasteiger partial charge on any atom is 0.131 e. The van der Waals surface area contributed by atoms with Crippen LogP contribution in [0.15, 0.2) is 176 Å². The largest absolute Gasteiger partial charge is 0.308 e. The molecule has 0 saturated carbocycles. The number of para-hydroxylation sites is 3. The van der Waals surface area contributed by atoms with Gasteiger partial charge in [-0.3, -0.25) is 8.80 Å². The van der Waals surface area contributed by atoms with Crippen LogP contribution in [0, 0.1) is 0 Å². The summed E-state index contributed by atoms with van der Waals surface area (Å²) in [4.78, 5) is 2.46. The van der Waals surface area contributed by atoms with Gasteiger partial charge in [-0.05, 0) is 69.8 Å². The van der Waals surface area contributed by atoms with Crippen molar-refractivity contribution in [3.05, 3.63) is 176 Å². The van der Waals surface area contributed by atoms with Gasteiger partial charge in [0.05, 0.1) is 33.4 Å². The topological polar surface area (TPSA) is 12.1 Å². The van der Waals surface area contributed by atoms with Crippen molar-refractivity contribution in [1.82, 2.24) is 8.80 Å². The molecule has 0 saturated heterocycles. The molecule has 0 aliphatic heterocycles. The maximum atomic E-state index is 2.50. The molecule has 0 atom stereocenters. The molecule has 49 heavy (non-hydrogen) atoms. The predicted molar refractivity (Wildman–Crippen MR) is 207 cm³/mol. The molecule has 0 bridgehead atoms. The van der Waals surface area contributed by atoms with Crippen molar-refractivity contribution in [3.63, 3.8) is 0 Å². The van der Waals surface area contributed by atoms with E-state index in [9.17, 15) is 0 Å². The van der Waals surface area contributed by atoms with Gasteiger partial charge in [0, 0.05) is 27.2 Å². The van der Waals surface area contributed by atoms with E-state index < -0.39 is 0 Å². The minimum atomic E-state index is 1.11. The Morgan fingerprint density at radius 3 is 1.65 bits per heavy atom. The number of rotatable bonds is 4. The first kappa shape index (κ1) is 26.5. The fraction of sp³-hybridized carbons (Fsp3) is 0. The number of nitrogens with zero attached hydrogens (tertiary/aromatic N) is 3. The Kier molecular flexibility index (Phi) is 5.38. The molecule has 8 aromatic carbocycles. The molecule has 3 heterocycles. The van der Waals surface area contributed by atoms with Crippen LogP contribution in [0.5, 0.6) is 0 Å². The molecule has 0 N–H and O–H groups in total. The summed E-state index contributed by atoms with van der Waals surface area (Å²) in [5, 5.41) is 8.83.